The molecule has 1 aliphatic heterocycles. The molecule has 0 saturated carbocycles. The Kier molecular flexibility index (Phi) is 6.71. The molecule has 1 heterocycles. The number of rotatable bonds is 4. The first kappa shape index (κ1) is 19.9. The van der Waals surface area contributed by atoms with Crippen molar-refractivity contribution in [2.45, 2.75) is 26.3 Å². The number of benzene rings is 1. The Labute approximate surface area is 156 Å². The third kappa shape index (κ3) is 5.54. The Morgan fingerprint density at radius 3 is 2.42 bits per heavy atom. The fourth-order valence-corrected chi connectivity index (χ4v) is 3.00. The van der Waals surface area contributed by atoms with Crippen molar-refractivity contribution in [3.05, 3.63) is 24.3 Å². The number of nitrogens with zero attached hydrogens (tertiary/aromatic N) is 3. The van der Waals surface area contributed by atoms with E-state index in [9.17, 15) is 4.79 Å². The second-order valence-corrected chi connectivity index (χ2v) is 7.34. The van der Waals surface area contributed by atoms with E-state index in [2.05, 4.69) is 31.5 Å². The van der Waals surface area contributed by atoms with E-state index in [4.69, 9.17) is 4.74 Å². The van der Waals surface area contributed by atoms with Gasteiger partial charge in [-0.15, -0.1) is 0 Å². The van der Waals surface area contributed by atoms with Gasteiger partial charge in [0.1, 0.15) is 5.75 Å². The molecular weight excluding hydrogens is 330 g/mol. The van der Waals surface area contributed by atoms with Crippen molar-refractivity contribution in [3.63, 3.8) is 0 Å². The summed E-state index contributed by atoms with van der Waals surface area (Å²) in [6.45, 7) is 9.53. The quantitative estimate of drug-likeness (QED) is 0.625. The van der Waals surface area contributed by atoms with Crippen LogP contribution in [0.25, 0.3) is 0 Å². The van der Waals surface area contributed by atoms with Gasteiger partial charge in [-0.3, -0.25) is 9.79 Å². The lowest BCUT2D eigenvalue weighted by Crippen LogP contribution is -2.54. The molecule has 1 saturated heterocycles. The average Bonchev–Trinajstić information content (AvgIpc) is 2.61. The van der Waals surface area contributed by atoms with Crippen LogP contribution in [0.1, 0.15) is 20.8 Å². The van der Waals surface area contributed by atoms with Crippen LogP contribution in [0.15, 0.2) is 29.3 Å². The first-order chi connectivity index (χ1) is 12.3. The van der Waals surface area contributed by atoms with E-state index >= 15 is 0 Å². The summed E-state index contributed by atoms with van der Waals surface area (Å²) in [7, 11) is 3.44. The summed E-state index contributed by atoms with van der Waals surface area (Å²) in [4.78, 5) is 20.8. The number of carbonyl (C=O) groups is 1. The summed E-state index contributed by atoms with van der Waals surface area (Å²) in [5.74, 6) is 1.61. The number of ether oxygens (including phenoxy) is 1. The lowest BCUT2D eigenvalue weighted by molar-refractivity contribution is -0.121. The van der Waals surface area contributed by atoms with Crippen LogP contribution in [-0.4, -0.2) is 69.2 Å². The number of nitrogens with one attached hydrogen (secondary N) is 2. The summed E-state index contributed by atoms with van der Waals surface area (Å²) in [5, 5.41) is 6.10. The van der Waals surface area contributed by atoms with Crippen molar-refractivity contribution in [2.75, 3.05) is 51.8 Å². The highest BCUT2D eigenvalue weighted by molar-refractivity contribution is 5.86. The SMILES string of the molecule is CN=C(NCC(=O)NC(C)(C)C)N1CCN(c2ccccc2OC)CC1. The maximum atomic E-state index is 12.0. The second-order valence-electron chi connectivity index (χ2n) is 7.34. The van der Waals surface area contributed by atoms with Crippen LogP contribution in [0.2, 0.25) is 0 Å². The van der Waals surface area contributed by atoms with Crippen LogP contribution in [0, 0.1) is 0 Å². The number of guanidine groups is 1. The average molecular weight is 361 g/mol. The van der Waals surface area contributed by atoms with Crippen LogP contribution in [-0.2, 0) is 4.79 Å². The number of para-hydroxylation sites is 2. The minimum Gasteiger partial charge on any atom is -0.495 e. The van der Waals surface area contributed by atoms with Crippen LogP contribution >= 0.6 is 0 Å². The van der Waals surface area contributed by atoms with Crippen molar-refractivity contribution >= 4 is 17.6 Å². The summed E-state index contributed by atoms with van der Waals surface area (Å²) in [6.07, 6.45) is 0. The summed E-state index contributed by atoms with van der Waals surface area (Å²) < 4.78 is 5.46. The Morgan fingerprint density at radius 2 is 1.85 bits per heavy atom. The van der Waals surface area contributed by atoms with Crippen molar-refractivity contribution in [2.24, 2.45) is 4.99 Å². The van der Waals surface area contributed by atoms with E-state index in [0.717, 1.165) is 43.6 Å². The summed E-state index contributed by atoms with van der Waals surface area (Å²) in [6, 6.07) is 8.07. The van der Waals surface area contributed by atoms with Gasteiger partial charge in [-0.05, 0) is 32.9 Å². The fraction of sp³-hybridized carbons (Fsp3) is 0.579. The molecule has 0 bridgehead atoms. The maximum absolute atomic E-state index is 12.0. The maximum Gasteiger partial charge on any atom is 0.239 e. The predicted molar refractivity (Wildman–Crippen MR) is 106 cm³/mol. The van der Waals surface area contributed by atoms with E-state index in [1.807, 2.05) is 39.0 Å². The van der Waals surface area contributed by atoms with Gasteiger partial charge < -0.3 is 25.2 Å². The normalized spacial score (nSPS) is 15.7. The van der Waals surface area contributed by atoms with Crippen LogP contribution in [0.4, 0.5) is 5.69 Å². The third-order valence-electron chi connectivity index (χ3n) is 4.14. The molecule has 1 amide bonds. The number of piperazine rings is 1. The largest absolute Gasteiger partial charge is 0.495 e. The fourth-order valence-electron chi connectivity index (χ4n) is 3.00. The number of hydrogen-bond acceptors (Lipinski definition) is 4. The van der Waals surface area contributed by atoms with Crippen LogP contribution in [0.5, 0.6) is 5.75 Å². The molecule has 0 aliphatic carbocycles. The predicted octanol–water partition coefficient (Wildman–Crippen LogP) is 1.31. The van der Waals surface area contributed by atoms with E-state index in [1.54, 1.807) is 14.2 Å². The van der Waals surface area contributed by atoms with Gasteiger partial charge in [0, 0.05) is 38.8 Å². The van der Waals surface area contributed by atoms with Gasteiger partial charge in [-0.1, -0.05) is 12.1 Å². The number of methoxy groups -OCH3 is 1. The third-order valence-corrected chi connectivity index (χ3v) is 4.14. The van der Waals surface area contributed by atoms with Gasteiger partial charge in [-0.2, -0.15) is 0 Å². The number of hydrogen-bond donors (Lipinski definition) is 2. The Morgan fingerprint density at radius 1 is 1.19 bits per heavy atom. The molecule has 1 fully saturated rings. The Hall–Kier alpha value is -2.44. The molecule has 26 heavy (non-hydrogen) atoms. The molecule has 7 nitrogen and oxygen atoms in total. The number of anilines is 1. The topological polar surface area (TPSA) is 69.2 Å². The summed E-state index contributed by atoms with van der Waals surface area (Å²) >= 11 is 0. The van der Waals surface area contributed by atoms with E-state index in [0.29, 0.717) is 0 Å². The van der Waals surface area contributed by atoms with Crippen LogP contribution in [0.3, 0.4) is 0 Å². The van der Waals surface area contributed by atoms with Gasteiger partial charge >= 0.3 is 0 Å². The highest BCUT2D eigenvalue weighted by Crippen LogP contribution is 2.28. The molecule has 1 aliphatic rings. The van der Waals surface area contributed by atoms with Crippen molar-refractivity contribution in [1.82, 2.24) is 15.5 Å². The van der Waals surface area contributed by atoms with Crippen molar-refractivity contribution in [3.8, 4) is 5.75 Å². The van der Waals surface area contributed by atoms with Gasteiger partial charge in [0.05, 0.1) is 19.3 Å². The standard InChI is InChI=1S/C19H31N5O2/c1-19(2,3)22-17(25)14-21-18(20-4)24-12-10-23(11-13-24)15-8-6-7-9-16(15)26-5/h6-9H,10-14H2,1-5H3,(H,20,21)(H,22,25). The van der Waals surface area contributed by atoms with Crippen molar-refractivity contribution in [1.29, 1.82) is 0 Å². The molecule has 0 spiro atoms. The molecular formula is C19H31N5O2. The molecule has 7 heteroatoms. The van der Waals surface area contributed by atoms with E-state index < -0.39 is 0 Å². The zero-order valence-corrected chi connectivity index (χ0v) is 16.5. The van der Waals surface area contributed by atoms with Gasteiger partial charge in [0.2, 0.25) is 5.91 Å². The molecule has 1 aromatic carbocycles. The highest BCUT2D eigenvalue weighted by Gasteiger charge is 2.22. The second kappa shape index (κ2) is 8.78. The zero-order valence-electron chi connectivity index (χ0n) is 16.5. The lowest BCUT2D eigenvalue weighted by Gasteiger charge is -2.38. The molecule has 0 atom stereocenters. The zero-order chi connectivity index (χ0) is 19.2. The first-order valence-corrected chi connectivity index (χ1v) is 8.98. The molecule has 0 radical (unpaired) electrons. The smallest absolute Gasteiger partial charge is 0.239 e. The van der Waals surface area contributed by atoms with E-state index in [-0.39, 0.29) is 18.0 Å². The molecule has 1 aromatic rings. The highest BCUT2D eigenvalue weighted by atomic mass is 16.5. The van der Waals surface area contributed by atoms with Gasteiger partial charge in [0.25, 0.3) is 0 Å². The lowest BCUT2D eigenvalue weighted by atomic mass is 10.1. The van der Waals surface area contributed by atoms with E-state index in [1.165, 1.54) is 0 Å². The minimum atomic E-state index is -0.233. The number of aliphatic imine (C=N–C) groups is 1. The Balaban J connectivity index is 1.88. The Bertz CT molecular complexity index is 631. The monoisotopic (exact) mass is 361 g/mol. The van der Waals surface area contributed by atoms with Crippen LogP contribution < -0.4 is 20.3 Å². The molecule has 144 valence electrons. The first-order valence-electron chi connectivity index (χ1n) is 8.98. The van der Waals surface area contributed by atoms with Gasteiger partial charge in [0.15, 0.2) is 5.96 Å². The molecule has 2 rings (SSSR count). The van der Waals surface area contributed by atoms with Gasteiger partial charge in [-0.25, -0.2) is 0 Å². The summed E-state index contributed by atoms with van der Waals surface area (Å²) in [5.41, 5.74) is 0.880. The molecule has 0 aromatic heterocycles. The molecule has 2 N–H and O–H groups in total. The number of amides is 1. The van der Waals surface area contributed by atoms with Crippen molar-refractivity contribution < 1.29 is 9.53 Å². The molecule has 0 unspecified atom stereocenters. The minimum absolute atomic E-state index is 0.0358. The number of carbonyl (C=O) groups excluding carboxylic acids is 1.